The Bertz CT molecular complexity index is 541. The van der Waals surface area contributed by atoms with Gasteiger partial charge in [-0.1, -0.05) is 29.7 Å². The van der Waals surface area contributed by atoms with Crippen LogP contribution in [-0.4, -0.2) is 16.7 Å². The zero-order chi connectivity index (χ0) is 13.7. The zero-order valence-corrected chi connectivity index (χ0v) is 11.8. The third-order valence-corrected chi connectivity index (χ3v) is 3.00. The molecule has 0 aliphatic heterocycles. The van der Waals surface area contributed by atoms with E-state index in [9.17, 15) is 0 Å². The summed E-state index contributed by atoms with van der Waals surface area (Å²) >= 11 is 6.05. The molecule has 5 nitrogen and oxygen atoms in total. The highest BCUT2D eigenvalue weighted by molar-refractivity contribution is 6.31. The molecule has 2 aromatic rings. The molecule has 1 heterocycles. The second kappa shape index (κ2) is 6.54. The molecule has 1 aromatic heterocycles. The summed E-state index contributed by atoms with van der Waals surface area (Å²) in [6.45, 7) is 5.57. The standard InChI is InChI=1S/C13H17ClN4O/c1-3-6-15-8-12-17-18-13(19-12)16-10-5-4-9(2)11(14)7-10/h4-5,7,15H,3,6,8H2,1-2H3,(H,16,18). The quantitative estimate of drug-likeness (QED) is 0.795. The van der Waals surface area contributed by atoms with E-state index in [1.165, 1.54) is 0 Å². The van der Waals surface area contributed by atoms with Gasteiger partial charge in [-0.25, -0.2) is 0 Å². The summed E-state index contributed by atoms with van der Waals surface area (Å²) in [6.07, 6.45) is 1.07. The van der Waals surface area contributed by atoms with Crippen LogP contribution in [0.5, 0.6) is 0 Å². The lowest BCUT2D eigenvalue weighted by atomic mass is 10.2. The Morgan fingerprint density at radius 2 is 2.16 bits per heavy atom. The largest absolute Gasteiger partial charge is 0.406 e. The van der Waals surface area contributed by atoms with E-state index < -0.39 is 0 Å². The Kier molecular flexibility index (Phi) is 4.76. The van der Waals surface area contributed by atoms with Gasteiger partial charge in [-0.05, 0) is 37.6 Å². The van der Waals surface area contributed by atoms with E-state index in [0.29, 0.717) is 23.5 Å². The monoisotopic (exact) mass is 280 g/mol. The van der Waals surface area contributed by atoms with Gasteiger partial charge in [-0.3, -0.25) is 0 Å². The average molecular weight is 281 g/mol. The van der Waals surface area contributed by atoms with Crippen LogP contribution in [0.15, 0.2) is 22.6 Å². The second-order valence-corrected chi connectivity index (χ2v) is 4.67. The van der Waals surface area contributed by atoms with Crippen LogP contribution in [0.3, 0.4) is 0 Å². The molecule has 0 aliphatic carbocycles. The predicted molar refractivity (Wildman–Crippen MR) is 75.8 cm³/mol. The van der Waals surface area contributed by atoms with Crippen LogP contribution in [0.2, 0.25) is 5.02 Å². The number of benzene rings is 1. The summed E-state index contributed by atoms with van der Waals surface area (Å²) in [4.78, 5) is 0. The topological polar surface area (TPSA) is 63.0 Å². The normalized spacial score (nSPS) is 10.7. The molecule has 0 amide bonds. The summed E-state index contributed by atoms with van der Waals surface area (Å²) in [5, 5.41) is 14.8. The zero-order valence-electron chi connectivity index (χ0n) is 11.0. The molecule has 0 atom stereocenters. The van der Waals surface area contributed by atoms with Gasteiger partial charge in [0.1, 0.15) is 0 Å². The maximum atomic E-state index is 6.05. The van der Waals surface area contributed by atoms with E-state index >= 15 is 0 Å². The molecule has 0 bridgehead atoms. The third kappa shape index (κ3) is 3.94. The van der Waals surface area contributed by atoms with Crippen LogP contribution in [-0.2, 0) is 6.54 Å². The van der Waals surface area contributed by atoms with Crippen molar-refractivity contribution in [3.05, 3.63) is 34.7 Å². The van der Waals surface area contributed by atoms with Gasteiger partial charge in [-0.15, -0.1) is 5.10 Å². The van der Waals surface area contributed by atoms with Crippen LogP contribution in [0.1, 0.15) is 24.8 Å². The molecule has 0 saturated carbocycles. The molecule has 6 heteroatoms. The van der Waals surface area contributed by atoms with Crippen molar-refractivity contribution in [3.63, 3.8) is 0 Å². The Hall–Kier alpha value is -1.59. The van der Waals surface area contributed by atoms with Gasteiger partial charge in [0, 0.05) is 10.7 Å². The molecule has 2 rings (SSSR count). The first kappa shape index (κ1) is 13.8. The predicted octanol–water partition coefficient (Wildman–Crippen LogP) is 3.27. The molecule has 0 unspecified atom stereocenters. The average Bonchev–Trinajstić information content (AvgIpc) is 2.82. The molecule has 102 valence electrons. The molecule has 0 radical (unpaired) electrons. The maximum absolute atomic E-state index is 6.05. The van der Waals surface area contributed by atoms with Crippen LogP contribution >= 0.6 is 11.6 Å². The molecular formula is C13H17ClN4O. The van der Waals surface area contributed by atoms with Crippen molar-refractivity contribution < 1.29 is 4.42 Å². The molecular weight excluding hydrogens is 264 g/mol. The van der Waals surface area contributed by atoms with Gasteiger partial charge in [0.05, 0.1) is 6.54 Å². The van der Waals surface area contributed by atoms with E-state index in [1.807, 2.05) is 25.1 Å². The molecule has 1 aromatic carbocycles. The number of hydrogen-bond acceptors (Lipinski definition) is 5. The highest BCUT2D eigenvalue weighted by Gasteiger charge is 2.06. The van der Waals surface area contributed by atoms with E-state index in [-0.39, 0.29) is 0 Å². The number of aryl methyl sites for hydroxylation is 1. The minimum Gasteiger partial charge on any atom is -0.406 e. The molecule has 0 saturated heterocycles. The smallest absolute Gasteiger partial charge is 0.320 e. The molecule has 0 spiro atoms. The first-order valence-corrected chi connectivity index (χ1v) is 6.63. The summed E-state index contributed by atoms with van der Waals surface area (Å²) in [6, 6.07) is 6.05. The lowest BCUT2D eigenvalue weighted by molar-refractivity contribution is 0.479. The van der Waals surface area contributed by atoms with E-state index in [0.717, 1.165) is 24.2 Å². The summed E-state index contributed by atoms with van der Waals surface area (Å²) in [5.74, 6) is 0.564. The summed E-state index contributed by atoms with van der Waals surface area (Å²) < 4.78 is 5.47. The van der Waals surface area contributed by atoms with Gasteiger partial charge < -0.3 is 15.1 Å². The Morgan fingerprint density at radius 3 is 2.89 bits per heavy atom. The van der Waals surface area contributed by atoms with Crippen LogP contribution in [0.25, 0.3) is 0 Å². The van der Waals surface area contributed by atoms with Crippen molar-refractivity contribution in [3.8, 4) is 0 Å². The minimum absolute atomic E-state index is 0.369. The van der Waals surface area contributed by atoms with Crippen molar-refractivity contribution in [2.45, 2.75) is 26.8 Å². The first-order chi connectivity index (χ1) is 9.19. The van der Waals surface area contributed by atoms with Crippen molar-refractivity contribution in [2.75, 3.05) is 11.9 Å². The van der Waals surface area contributed by atoms with Crippen LogP contribution in [0.4, 0.5) is 11.7 Å². The van der Waals surface area contributed by atoms with Gasteiger partial charge in [-0.2, -0.15) is 0 Å². The lowest BCUT2D eigenvalue weighted by Crippen LogP contribution is -2.13. The van der Waals surface area contributed by atoms with Crippen molar-refractivity contribution in [2.24, 2.45) is 0 Å². The summed E-state index contributed by atoms with van der Waals surface area (Å²) in [7, 11) is 0. The van der Waals surface area contributed by atoms with Gasteiger partial charge >= 0.3 is 6.01 Å². The van der Waals surface area contributed by atoms with Gasteiger partial charge in [0.15, 0.2) is 0 Å². The highest BCUT2D eigenvalue weighted by Crippen LogP contribution is 2.22. The highest BCUT2D eigenvalue weighted by atomic mass is 35.5. The second-order valence-electron chi connectivity index (χ2n) is 4.27. The van der Waals surface area contributed by atoms with Crippen molar-refractivity contribution >= 4 is 23.3 Å². The van der Waals surface area contributed by atoms with E-state index in [2.05, 4.69) is 27.8 Å². The van der Waals surface area contributed by atoms with Gasteiger partial charge in [0.2, 0.25) is 5.89 Å². The van der Waals surface area contributed by atoms with E-state index in [1.54, 1.807) is 0 Å². The SMILES string of the molecule is CCCNCc1nnc(Nc2ccc(C)c(Cl)c2)o1. The van der Waals surface area contributed by atoms with Crippen molar-refractivity contribution in [1.29, 1.82) is 0 Å². The number of nitrogens with one attached hydrogen (secondary N) is 2. The number of rotatable bonds is 6. The third-order valence-electron chi connectivity index (χ3n) is 2.59. The number of hydrogen-bond donors (Lipinski definition) is 2. The van der Waals surface area contributed by atoms with Gasteiger partial charge in [0.25, 0.3) is 0 Å². The van der Waals surface area contributed by atoms with E-state index in [4.69, 9.17) is 16.0 Å². The Labute approximate surface area is 117 Å². The molecule has 0 fully saturated rings. The van der Waals surface area contributed by atoms with Crippen LogP contribution in [0, 0.1) is 6.92 Å². The summed E-state index contributed by atoms with van der Waals surface area (Å²) in [5.41, 5.74) is 1.86. The number of aromatic nitrogens is 2. The fourth-order valence-electron chi connectivity index (χ4n) is 1.54. The minimum atomic E-state index is 0.369. The lowest BCUT2D eigenvalue weighted by Gasteiger charge is -2.03. The molecule has 2 N–H and O–H groups in total. The number of nitrogens with zero attached hydrogens (tertiary/aromatic N) is 2. The Morgan fingerprint density at radius 1 is 1.32 bits per heavy atom. The van der Waals surface area contributed by atoms with Crippen molar-refractivity contribution in [1.82, 2.24) is 15.5 Å². The fourth-order valence-corrected chi connectivity index (χ4v) is 1.72. The maximum Gasteiger partial charge on any atom is 0.320 e. The fraction of sp³-hybridized carbons (Fsp3) is 0.385. The number of halogens is 1. The molecule has 19 heavy (non-hydrogen) atoms. The number of anilines is 2. The first-order valence-electron chi connectivity index (χ1n) is 6.25. The van der Waals surface area contributed by atoms with Crippen LogP contribution < -0.4 is 10.6 Å². The molecule has 0 aliphatic rings. The Balaban J connectivity index is 1.97.